The summed E-state index contributed by atoms with van der Waals surface area (Å²) in [4.78, 5) is 19.0. The lowest BCUT2D eigenvalue weighted by Gasteiger charge is -2.18. The molecule has 0 spiro atoms. The number of ether oxygens (including phenoxy) is 2. The number of amidine groups is 1. The Bertz CT molecular complexity index is 1170. The van der Waals surface area contributed by atoms with Crippen LogP contribution in [0.25, 0.3) is 0 Å². The van der Waals surface area contributed by atoms with Crippen molar-refractivity contribution < 1.29 is 40.6 Å². The third-order valence-electron chi connectivity index (χ3n) is 4.15. The van der Waals surface area contributed by atoms with Crippen molar-refractivity contribution >= 4 is 34.5 Å². The minimum atomic E-state index is -4.86. The topological polar surface area (TPSA) is 51.1 Å². The van der Waals surface area contributed by atoms with Crippen molar-refractivity contribution in [3.05, 3.63) is 70.4 Å². The number of aliphatic imine (C=N–C) groups is 1. The number of halogens is 6. The number of thiophene rings is 1. The number of carbonyl (C=O) groups excluding carboxylic acids is 1. The van der Waals surface area contributed by atoms with Gasteiger partial charge in [0.2, 0.25) is 0 Å². The second-order valence-electron chi connectivity index (χ2n) is 6.32. The van der Waals surface area contributed by atoms with Crippen molar-refractivity contribution in [2.45, 2.75) is 12.7 Å². The number of anilines is 1. The molecule has 2 aromatic carbocycles. The first kappa shape index (κ1) is 21.7. The van der Waals surface area contributed by atoms with E-state index in [1.807, 2.05) is 0 Å². The second kappa shape index (κ2) is 7.86. The summed E-state index contributed by atoms with van der Waals surface area (Å²) >= 11 is 1.22. The first-order valence-electron chi connectivity index (χ1n) is 8.73. The minimum absolute atomic E-state index is 0.189. The van der Waals surface area contributed by atoms with E-state index < -0.39 is 30.1 Å². The number of fused-ring (bicyclic) bond motifs is 1. The van der Waals surface area contributed by atoms with Crippen LogP contribution in [0.3, 0.4) is 0 Å². The van der Waals surface area contributed by atoms with Crippen LogP contribution in [0, 0.1) is 0 Å². The van der Waals surface area contributed by atoms with Gasteiger partial charge in [0.25, 0.3) is 5.91 Å². The fourth-order valence-corrected chi connectivity index (χ4v) is 3.82. The number of benzene rings is 2. The Morgan fingerprint density at radius 3 is 1.84 bits per heavy atom. The molecule has 1 amide bonds. The zero-order chi connectivity index (χ0) is 23.1. The van der Waals surface area contributed by atoms with E-state index in [0.717, 1.165) is 24.3 Å². The lowest BCUT2D eigenvalue weighted by molar-refractivity contribution is -0.275. The number of carbonyl (C=O) groups is 1. The average Bonchev–Trinajstić information content (AvgIpc) is 3.25. The van der Waals surface area contributed by atoms with Crippen LogP contribution in [0.4, 0.5) is 37.7 Å². The Labute approximate surface area is 180 Å². The van der Waals surface area contributed by atoms with Gasteiger partial charge in [0.15, 0.2) is 5.84 Å². The van der Waals surface area contributed by atoms with Crippen molar-refractivity contribution in [2.24, 2.45) is 4.99 Å². The SMILES string of the molecule is O=C1c2ccsc2C(=Nc2ccc(OC(F)(F)F)cc2)N1c1ccc(OC(F)(F)F)cc1. The molecule has 0 unspecified atom stereocenters. The number of rotatable bonds is 4. The zero-order valence-electron chi connectivity index (χ0n) is 15.6. The molecule has 4 rings (SSSR count). The van der Waals surface area contributed by atoms with Crippen LogP contribution in [0.1, 0.15) is 15.2 Å². The highest BCUT2D eigenvalue weighted by Gasteiger charge is 2.37. The number of alkyl halides is 6. The van der Waals surface area contributed by atoms with Crippen LogP contribution < -0.4 is 14.4 Å². The van der Waals surface area contributed by atoms with Crippen molar-refractivity contribution in [1.29, 1.82) is 0 Å². The molecule has 3 aromatic rings. The summed E-state index contributed by atoms with van der Waals surface area (Å²) in [7, 11) is 0. The van der Waals surface area contributed by atoms with E-state index in [-0.39, 0.29) is 17.2 Å². The molecule has 12 heteroatoms. The molecule has 0 saturated heterocycles. The second-order valence-corrected chi connectivity index (χ2v) is 7.24. The molecule has 1 aliphatic heterocycles. The summed E-state index contributed by atoms with van der Waals surface area (Å²) < 4.78 is 81.8. The van der Waals surface area contributed by atoms with Crippen molar-refractivity contribution in [3.63, 3.8) is 0 Å². The van der Waals surface area contributed by atoms with Crippen LogP contribution in [-0.2, 0) is 0 Å². The summed E-state index contributed by atoms with van der Waals surface area (Å²) in [5, 5.41) is 1.68. The van der Waals surface area contributed by atoms with Gasteiger partial charge in [-0.15, -0.1) is 37.7 Å². The molecule has 1 aliphatic rings. The Morgan fingerprint density at radius 1 is 0.781 bits per heavy atom. The van der Waals surface area contributed by atoms with Gasteiger partial charge in [-0.2, -0.15) is 0 Å². The Balaban J connectivity index is 1.67. The minimum Gasteiger partial charge on any atom is -0.406 e. The fraction of sp³-hybridized carbons (Fsp3) is 0.100. The maximum Gasteiger partial charge on any atom is 0.573 e. The average molecular weight is 472 g/mol. The molecule has 166 valence electrons. The van der Waals surface area contributed by atoms with Gasteiger partial charge in [0, 0.05) is 0 Å². The quantitative estimate of drug-likeness (QED) is 0.420. The molecular formula is C20H10F6N2O3S. The van der Waals surface area contributed by atoms with Crippen LogP contribution in [0.15, 0.2) is 65.0 Å². The van der Waals surface area contributed by atoms with Crippen molar-refractivity contribution in [1.82, 2.24) is 0 Å². The van der Waals surface area contributed by atoms with Crippen LogP contribution in [-0.4, -0.2) is 24.5 Å². The lowest BCUT2D eigenvalue weighted by atomic mass is 10.2. The maximum absolute atomic E-state index is 12.9. The van der Waals surface area contributed by atoms with E-state index in [4.69, 9.17) is 0 Å². The Kier molecular flexibility index (Phi) is 5.33. The highest BCUT2D eigenvalue weighted by atomic mass is 32.1. The summed E-state index contributed by atoms with van der Waals surface area (Å²) in [6.07, 6.45) is -9.69. The molecule has 0 N–H and O–H groups in total. The van der Waals surface area contributed by atoms with E-state index in [2.05, 4.69) is 14.5 Å². The molecule has 0 atom stereocenters. The van der Waals surface area contributed by atoms with Gasteiger partial charge in [-0.3, -0.25) is 9.69 Å². The fourth-order valence-electron chi connectivity index (χ4n) is 2.95. The molecular weight excluding hydrogens is 462 g/mol. The predicted octanol–water partition coefficient (Wildman–Crippen LogP) is 6.28. The highest BCUT2D eigenvalue weighted by molar-refractivity contribution is 7.13. The van der Waals surface area contributed by atoms with Crippen LogP contribution in [0.5, 0.6) is 11.5 Å². The molecule has 2 heterocycles. The number of amides is 1. The lowest BCUT2D eigenvalue weighted by Crippen LogP contribution is -2.30. The zero-order valence-corrected chi connectivity index (χ0v) is 16.4. The molecule has 0 saturated carbocycles. The van der Waals surface area contributed by atoms with Gasteiger partial charge >= 0.3 is 12.7 Å². The first-order chi connectivity index (χ1) is 15.0. The monoisotopic (exact) mass is 472 g/mol. The van der Waals surface area contributed by atoms with Gasteiger partial charge in [-0.25, -0.2) is 4.99 Å². The largest absolute Gasteiger partial charge is 0.573 e. The summed E-state index contributed by atoms with van der Waals surface area (Å²) in [6.45, 7) is 0. The molecule has 1 aromatic heterocycles. The molecule has 0 radical (unpaired) electrons. The molecule has 0 aliphatic carbocycles. The van der Waals surface area contributed by atoms with Gasteiger partial charge in [0.05, 0.1) is 21.8 Å². The van der Waals surface area contributed by atoms with E-state index in [1.54, 1.807) is 11.4 Å². The Hall–Kier alpha value is -3.54. The third-order valence-corrected chi connectivity index (χ3v) is 5.06. The van der Waals surface area contributed by atoms with Gasteiger partial charge in [-0.05, 0) is 60.0 Å². The number of nitrogens with zero attached hydrogens (tertiary/aromatic N) is 2. The summed E-state index contributed by atoms with van der Waals surface area (Å²) in [5.74, 6) is -1.14. The van der Waals surface area contributed by atoms with E-state index in [0.29, 0.717) is 10.4 Å². The van der Waals surface area contributed by atoms with Gasteiger partial charge < -0.3 is 9.47 Å². The molecule has 0 fully saturated rings. The number of hydrogen-bond donors (Lipinski definition) is 0. The van der Waals surface area contributed by atoms with E-state index in [9.17, 15) is 31.1 Å². The van der Waals surface area contributed by atoms with Gasteiger partial charge in [-0.1, -0.05) is 0 Å². The van der Waals surface area contributed by atoms with Crippen LogP contribution in [0.2, 0.25) is 0 Å². The summed E-state index contributed by atoms with van der Waals surface area (Å²) in [5.41, 5.74) is 0.829. The van der Waals surface area contributed by atoms with E-state index >= 15 is 0 Å². The highest BCUT2D eigenvalue weighted by Crippen LogP contribution is 2.35. The predicted molar refractivity (Wildman–Crippen MR) is 104 cm³/mol. The first-order valence-corrected chi connectivity index (χ1v) is 9.61. The maximum atomic E-state index is 12.9. The van der Waals surface area contributed by atoms with Crippen molar-refractivity contribution in [3.8, 4) is 11.5 Å². The number of hydrogen-bond acceptors (Lipinski definition) is 5. The Morgan fingerprint density at radius 2 is 1.31 bits per heavy atom. The smallest absolute Gasteiger partial charge is 0.406 e. The molecule has 0 bridgehead atoms. The molecule has 5 nitrogen and oxygen atoms in total. The van der Waals surface area contributed by atoms with Crippen LogP contribution >= 0.6 is 11.3 Å². The van der Waals surface area contributed by atoms with Crippen molar-refractivity contribution in [2.75, 3.05) is 4.90 Å². The summed E-state index contributed by atoms with van der Waals surface area (Å²) in [6, 6.07) is 11.0. The normalized spacial score (nSPS) is 15.2. The standard InChI is InChI=1S/C20H10F6N2O3S/c21-19(22,23)30-13-5-1-11(2-6-13)27-17-16-15(9-10-32-16)18(29)28(17)12-3-7-14(8-4-12)31-20(24,25)26/h1-10H. The molecule has 32 heavy (non-hydrogen) atoms. The third kappa shape index (κ3) is 4.69. The van der Waals surface area contributed by atoms with Gasteiger partial charge in [0.1, 0.15) is 11.5 Å². The van der Waals surface area contributed by atoms with E-state index in [1.165, 1.54) is 40.5 Å².